The van der Waals surface area contributed by atoms with Crippen molar-refractivity contribution in [3.05, 3.63) is 17.8 Å². The van der Waals surface area contributed by atoms with E-state index < -0.39 is 12.1 Å². The van der Waals surface area contributed by atoms with E-state index in [-0.39, 0.29) is 5.60 Å². The molecule has 140 valence electrons. The van der Waals surface area contributed by atoms with Gasteiger partial charge in [-0.3, -0.25) is 0 Å². The van der Waals surface area contributed by atoms with Crippen LogP contribution in [0.2, 0.25) is 0 Å². The molecule has 2 aliphatic heterocycles. The number of aryl methyl sites for hydroxylation is 1. The van der Waals surface area contributed by atoms with E-state index in [1.807, 2.05) is 19.1 Å². The molecule has 0 aliphatic carbocycles. The Labute approximate surface area is 142 Å². The van der Waals surface area contributed by atoms with E-state index in [4.69, 9.17) is 19.4 Å². The number of ether oxygens (including phenoxy) is 2. The molecule has 2 fully saturated rings. The second-order valence-electron chi connectivity index (χ2n) is 6.05. The van der Waals surface area contributed by atoms with Gasteiger partial charge in [-0.25, -0.2) is 4.79 Å². The molecule has 1 unspecified atom stereocenters. The lowest BCUT2D eigenvalue weighted by atomic mass is 9.81. The number of rotatable bonds is 3. The van der Waals surface area contributed by atoms with Gasteiger partial charge in [-0.1, -0.05) is 0 Å². The number of carbonyl (C=O) groups is 1. The van der Waals surface area contributed by atoms with Crippen LogP contribution in [0.1, 0.15) is 12.1 Å². The molecule has 1 spiro atoms. The molecule has 3 rings (SSSR count). The Bertz CT molecular complexity index is 589. The zero-order valence-corrected chi connectivity index (χ0v) is 13.9. The molecule has 1 aromatic heterocycles. The van der Waals surface area contributed by atoms with E-state index in [1.165, 1.54) is 0 Å². The third-order valence-corrected chi connectivity index (χ3v) is 4.23. The third kappa shape index (κ3) is 4.57. The number of nitrogens with zero attached hydrogens (tertiary/aromatic N) is 3. The van der Waals surface area contributed by atoms with Gasteiger partial charge in [0.2, 0.25) is 0 Å². The number of alkyl halides is 3. The minimum Gasteiger partial charge on any atom is -0.475 e. The fourth-order valence-electron chi connectivity index (χ4n) is 2.89. The topological polar surface area (TPSA) is 84.8 Å². The summed E-state index contributed by atoms with van der Waals surface area (Å²) in [5.74, 6) is -1.30. The molecular formula is C15H20F3N3O4. The molecule has 10 heteroatoms. The fraction of sp³-hybridized carbons (Fsp3) is 0.667. The van der Waals surface area contributed by atoms with Gasteiger partial charge in [0, 0.05) is 19.6 Å². The van der Waals surface area contributed by atoms with Crippen molar-refractivity contribution in [3.8, 4) is 0 Å². The van der Waals surface area contributed by atoms with Crippen LogP contribution in [0.4, 0.5) is 19.0 Å². The van der Waals surface area contributed by atoms with Gasteiger partial charge >= 0.3 is 12.1 Å². The first-order chi connectivity index (χ1) is 11.7. The first-order valence-corrected chi connectivity index (χ1v) is 7.66. The van der Waals surface area contributed by atoms with Crippen LogP contribution in [0.5, 0.6) is 0 Å². The summed E-state index contributed by atoms with van der Waals surface area (Å²) in [6.45, 7) is 5.38. The van der Waals surface area contributed by atoms with Gasteiger partial charge < -0.3 is 19.5 Å². The predicted octanol–water partition coefficient (Wildman–Crippen LogP) is 1.66. The first-order valence-electron chi connectivity index (χ1n) is 7.66. The highest BCUT2D eigenvalue weighted by Crippen LogP contribution is 2.41. The zero-order valence-electron chi connectivity index (χ0n) is 13.9. The van der Waals surface area contributed by atoms with Gasteiger partial charge in [-0.15, -0.1) is 5.10 Å². The lowest BCUT2D eigenvalue weighted by Gasteiger charge is -2.50. The van der Waals surface area contributed by atoms with Gasteiger partial charge in [-0.2, -0.15) is 18.3 Å². The number of carboxylic acids is 1. The Morgan fingerprint density at radius 3 is 2.56 bits per heavy atom. The lowest BCUT2D eigenvalue weighted by molar-refractivity contribution is -0.192. The van der Waals surface area contributed by atoms with Gasteiger partial charge in [0.1, 0.15) is 5.60 Å². The molecule has 0 radical (unpaired) electrons. The fourth-order valence-corrected chi connectivity index (χ4v) is 2.89. The Morgan fingerprint density at radius 2 is 2.08 bits per heavy atom. The van der Waals surface area contributed by atoms with E-state index >= 15 is 0 Å². The van der Waals surface area contributed by atoms with Crippen molar-refractivity contribution in [2.45, 2.75) is 25.1 Å². The molecular weight excluding hydrogens is 343 g/mol. The number of anilines is 1. The second kappa shape index (κ2) is 7.52. The van der Waals surface area contributed by atoms with E-state index in [9.17, 15) is 13.2 Å². The maximum atomic E-state index is 10.6. The van der Waals surface area contributed by atoms with Gasteiger partial charge in [0.15, 0.2) is 5.82 Å². The standard InChI is InChI=1S/C13H19N3O2.C2HF3O2/c1-10-3-4-12(15-14-10)16-8-13(9-16)11(7-17-2)5-6-18-13;3-2(4,5)1(6)7/h3-4,11H,5-9H2,1-2H3;(H,6,7). The first kappa shape index (κ1) is 19.4. The molecule has 1 aromatic rings. The summed E-state index contributed by atoms with van der Waals surface area (Å²) in [5.41, 5.74) is 0.936. The van der Waals surface area contributed by atoms with Gasteiger partial charge in [0.25, 0.3) is 0 Å². The number of methoxy groups -OCH3 is 1. The largest absolute Gasteiger partial charge is 0.490 e. The number of halogens is 3. The zero-order chi connectivity index (χ0) is 18.7. The Kier molecular flexibility index (Phi) is 5.83. The summed E-state index contributed by atoms with van der Waals surface area (Å²) in [4.78, 5) is 11.1. The highest BCUT2D eigenvalue weighted by atomic mass is 19.4. The summed E-state index contributed by atoms with van der Waals surface area (Å²) in [6.07, 6.45) is -3.98. The van der Waals surface area contributed by atoms with Crippen LogP contribution in [0.15, 0.2) is 12.1 Å². The maximum Gasteiger partial charge on any atom is 0.490 e. The van der Waals surface area contributed by atoms with Crippen LogP contribution in [-0.2, 0) is 14.3 Å². The molecule has 1 atom stereocenters. The van der Waals surface area contributed by atoms with Gasteiger partial charge in [-0.05, 0) is 25.5 Å². The lowest BCUT2D eigenvalue weighted by Crippen LogP contribution is -2.65. The molecule has 25 heavy (non-hydrogen) atoms. The normalized spacial score (nSPS) is 21.5. The van der Waals surface area contributed by atoms with Crippen molar-refractivity contribution in [1.29, 1.82) is 0 Å². The number of aromatic nitrogens is 2. The average molecular weight is 363 g/mol. The van der Waals surface area contributed by atoms with Crippen LogP contribution >= 0.6 is 0 Å². The molecule has 0 bridgehead atoms. The Hall–Kier alpha value is -1.94. The number of aliphatic carboxylic acids is 1. The number of carboxylic acid groups (broad SMARTS) is 1. The quantitative estimate of drug-likeness (QED) is 0.874. The minimum atomic E-state index is -5.08. The molecule has 3 heterocycles. The van der Waals surface area contributed by atoms with Crippen molar-refractivity contribution < 1.29 is 32.5 Å². The maximum absolute atomic E-state index is 10.6. The number of hydrogen-bond acceptors (Lipinski definition) is 6. The summed E-state index contributed by atoms with van der Waals surface area (Å²) < 4.78 is 43.0. The van der Waals surface area contributed by atoms with Crippen molar-refractivity contribution in [2.75, 3.05) is 38.3 Å². The summed E-state index contributed by atoms with van der Waals surface area (Å²) >= 11 is 0. The van der Waals surface area contributed by atoms with Gasteiger partial charge in [0.05, 0.1) is 25.4 Å². The number of hydrogen-bond donors (Lipinski definition) is 1. The van der Waals surface area contributed by atoms with E-state index in [2.05, 4.69) is 15.1 Å². The average Bonchev–Trinajstić information content (AvgIpc) is 2.91. The highest BCUT2D eigenvalue weighted by Gasteiger charge is 2.53. The Balaban J connectivity index is 0.000000277. The SMILES string of the molecule is COCC1CCOC12CN(c1ccc(C)nn1)C2.O=C(O)C(F)(F)F. The van der Waals surface area contributed by atoms with Crippen molar-refractivity contribution in [1.82, 2.24) is 10.2 Å². The summed E-state index contributed by atoms with van der Waals surface area (Å²) in [6, 6.07) is 4.02. The summed E-state index contributed by atoms with van der Waals surface area (Å²) in [5, 5.41) is 15.4. The highest BCUT2D eigenvalue weighted by molar-refractivity contribution is 5.73. The van der Waals surface area contributed by atoms with Crippen molar-refractivity contribution >= 4 is 11.8 Å². The van der Waals surface area contributed by atoms with Crippen LogP contribution in [-0.4, -0.2) is 66.5 Å². The summed E-state index contributed by atoms with van der Waals surface area (Å²) in [7, 11) is 1.76. The van der Waals surface area contributed by atoms with Crippen molar-refractivity contribution in [2.24, 2.45) is 5.92 Å². The van der Waals surface area contributed by atoms with E-state index in [0.717, 1.165) is 44.2 Å². The third-order valence-electron chi connectivity index (χ3n) is 4.23. The monoisotopic (exact) mass is 363 g/mol. The van der Waals surface area contributed by atoms with Crippen molar-refractivity contribution in [3.63, 3.8) is 0 Å². The van der Waals surface area contributed by atoms with Crippen LogP contribution < -0.4 is 4.90 Å². The Morgan fingerprint density at radius 1 is 1.44 bits per heavy atom. The molecule has 0 aromatic carbocycles. The molecule has 0 amide bonds. The minimum absolute atomic E-state index is 0.0113. The molecule has 2 aliphatic rings. The molecule has 0 saturated carbocycles. The molecule has 2 saturated heterocycles. The van der Waals surface area contributed by atoms with E-state index in [0.29, 0.717) is 5.92 Å². The van der Waals surface area contributed by atoms with Crippen LogP contribution in [0.25, 0.3) is 0 Å². The van der Waals surface area contributed by atoms with Crippen LogP contribution in [0.3, 0.4) is 0 Å². The molecule has 7 nitrogen and oxygen atoms in total. The smallest absolute Gasteiger partial charge is 0.475 e. The predicted molar refractivity (Wildman–Crippen MR) is 81.3 cm³/mol. The van der Waals surface area contributed by atoms with E-state index in [1.54, 1.807) is 7.11 Å². The van der Waals surface area contributed by atoms with Crippen LogP contribution in [0, 0.1) is 12.8 Å². The second-order valence-corrected chi connectivity index (χ2v) is 6.05. The molecule has 1 N–H and O–H groups in total.